The summed E-state index contributed by atoms with van der Waals surface area (Å²) in [4.78, 5) is 22.5. The number of allylic oxidation sites excluding steroid dienone is 2. The van der Waals surface area contributed by atoms with Crippen molar-refractivity contribution < 1.29 is 19.4 Å². The molecule has 150 valence electrons. The fraction of sp³-hybridized carbons (Fsp3) is 0.450. The van der Waals surface area contributed by atoms with Gasteiger partial charge >= 0.3 is 12.0 Å². The molecule has 0 spiro atoms. The van der Waals surface area contributed by atoms with Crippen molar-refractivity contribution in [2.75, 3.05) is 5.32 Å². The van der Waals surface area contributed by atoms with Crippen LogP contribution in [0.15, 0.2) is 41.5 Å². The minimum atomic E-state index is -0.791. The van der Waals surface area contributed by atoms with Gasteiger partial charge in [-0.15, -0.1) is 0 Å². The largest absolute Gasteiger partial charge is 0.481 e. The van der Waals surface area contributed by atoms with E-state index in [1.54, 1.807) is 30.5 Å². The van der Waals surface area contributed by atoms with Crippen LogP contribution in [0, 0.1) is 11.8 Å². The second-order valence-corrected chi connectivity index (χ2v) is 7.46. The molecule has 2 saturated heterocycles. The number of benzene rings is 1. The Hall–Kier alpha value is -2.38. The van der Waals surface area contributed by atoms with E-state index >= 15 is 0 Å². The Kier molecular flexibility index (Phi) is 7.06. The van der Waals surface area contributed by atoms with Gasteiger partial charge in [0.05, 0.1) is 12.2 Å². The summed E-state index contributed by atoms with van der Waals surface area (Å²) in [6, 6.07) is 6.39. The average Bonchev–Trinajstić information content (AvgIpc) is 3.25. The maximum atomic E-state index is 12.0. The molecule has 2 aliphatic heterocycles. The molecule has 28 heavy (non-hydrogen) atoms. The van der Waals surface area contributed by atoms with E-state index in [1.165, 1.54) is 0 Å². The fourth-order valence-electron chi connectivity index (χ4n) is 3.78. The number of hydrazone groups is 1. The van der Waals surface area contributed by atoms with Crippen LogP contribution in [0.1, 0.15) is 32.1 Å². The number of hydrogen-bond donors (Lipinski definition) is 3. The first kappa shape index (κ1) is 20.4. The van der Waals surface area contributed by atoms with Crippen molar-refractivity contribution in [1.82, 2.24) is 5.43 Å². The molecule has 2 fully saturated rings. The van der Waals surface area contributed by atoms with Crippen molar-refractivity contribution in [3.05, 3.63) is 41.4 Å². The summed E-state index contributed by atoms with van der Waals surface area (Å²) >= 11 is 5.82. The SMILES string of the molecule is O=C(O)CC/C=C\C[C@@H]1[C@H](/C=N/NC(=O)Nc2ccc(Cl)cc2)[C@@H]2CC[C@H]1O2. The summed E-state index contributed by atoms with van der Waals surface area (Å²) in [5.41, 5.74) is 3.12. The molecule has 8 heteroatoms. The van der Waals surface area contributed by atoms with Crippen LogP contribution < -0.4 is 10.7 Å². The standard InChI is InChI=1S/C20H24ClN3O4/c21-13-6-8-14(9-7-13)23-20(27)24-22-12-16-15(17-10-11-18(16)28-17)4-2-1-3-5-19(25)26/h1-2,6-9,12,15-18H,3-5,10-11H2,(H,25,26)(H2,23,24,27)/b2-1-,22-12+/t15-,16+,17-,18+/m1/s1. The minimum Gasteiger partial charge on any atom is -0.481 e. The van der Waals surface area contributed by atoms with Crippen LogP contribution in [-0.2, 0) is 9.53 Å². The van der Waals surface area contributed by atoms with E-state index < -0.39 is 12.0 Å². The van der Waals surface area contributed by atoms with Crippen LogP contribution in [0.5, 0.6) is 0 Å². The summed E-state index contributed by atoms with van der Waals surface area (Å²) in [6.07, 6.45) is 9.55. The Labute approximate surface area is 168 Å². The van der Waals surface area contributed by atoms with Crippen molar-refractivity contribution in [3.63, 3.8) is 0 Å². The number of amides is 2. The number of carboxylic acid groups (broad SMARTS) is 1. The highest BCUT2D eigenvalue weighted by molar-refractivity contribution is 6.30. The van der Waals surface area contributed by atoms with Crippen LogP contribution in [-0.4, -0.2) is 35.5 Å². The smallest absolute Gasteiger partial charge is 0.339 e. The van der Waals surface area contributed by atoms with Gasteiger partial charge in [0, 0.05) is 29.3 Å². The third-order valence-corrected chi connectivity index (χ3v) is 5.35. The molecule has 2 amide bonds. The number of nitrogens with zero attached hydrogens (tertiary/aromatic N) is 1. The van der Waals surface area contributed by atoms with Gasteiger partial charge in [0.1, 0.15) is 0 Å². The Bertz CT molecular complexity index is 750. The molecule has 2 bridgehead atoms. The van der Waals surface area contributed by atoms with Crippen molar-refractivity contribution in [3.8, 4) is 0 Å². The molecule has 0 saturated carbocycles. The second kappa shape index (κ2) is 9.71. The molecule has 3 N–H and O–H groups in total. The Balaban J connectivity index is 1.48. The van der Waals surface area contributed by atoms with Gasteiger partial charge in [-0.2, -0.15) is 5.10 Å². The number of carboxylic acids is 1. The normalized spacial score (nSPS) is 26.2. The number of fused-ring (bicyclic) bond motifs is 2. The predicted octanol–water partition coefficient (Wildman–Crippen LogP) is 4.05. The van der Waals surface area contributed by atoms with Gasteiger partial charge in [0.25, 0.3) is 0 Å². The molecule has 2 heterocycles. The molecule has 0 aliphatic carbocycles. The third kappa shape index (κ3) is 5.56. The highest BCUT2D eigenvalue weighted by atomic mass is 35.5. The third-order valence-electron chi connectivity index (χ3n) is 5.10. The first-order chi connectivity index (χ1) is 13.5. The summed E-state index contributed by atoms with van der Waals surface area (Å²) in [5, 5.41) is 16.1. The van der Waals surface area contributed by atoms with Crippen molar-refractivity contribution in [1.29, 1.82) is 0 Å². The van der Waals surface area contributed by atoms with Gasteiger partial charge in [0.2, 0.25) is 0 Å². The summed E-state index contributed by atoms with van der Waals surface area (Å²) < 4.78 is 6.00. The zero-order chi connectivity index (χ0) is 19.9. The molecule has 0 aromatic heterocycles. The molecule has 0 unspecified atom stereocenters. The van der Waals surface area contributed by atoms with E-state index in [-0.39, 0.29) is 24.5 Å². The summed E-state index contributed by atoms with van der Waals surface area (Å²) in [7, 11) is 0. The number of aliphatic carboxylic acids is 1. The number of nitrogens with one attached hydrogen (secondary N) is 2. The monoisotopic (exact) mass is 405 g/mol. The number of urea groups is 1. The van der Waals surface area contributed by atoms with E-state index in [2.05, 4.69) is 15.8 Å². The molecule has 0 radical (unpaired) electrons. The summed E-state index contributed by atoms with van der Waals surface area (Å²) in [6.45, 7) is 0. The van der Waals surface area contributed by atoms with Gasteiger partial charge < -0.3 is 15.2 Å². The van der Waals surface area contributed by atoms with Crippen molar-refractivity contribution >= 4 is 35.5 Å². The quantitative estimate of drug-likeness (QED) is 0.345. The van der Waals surface area contributed by atoms with Crippen LogP contribution in [0.2, 0.25) is 5.02 Å². The lowest BCUT2D eigenvalue weighted by Crippen LogP contribution is -2.30. The molecular weight excluding hydrogens is 382 g/mol. The van der Waals surface area contributed by atoms with Gasteiger partial charge in [-0.05, 0) is 55.9 Å². The van der Waals surface area contributed by atoms with Crippen molar-refractivity contribution in [2.24, 2.45) is 16.9 Å². The number of carbonyl (C=O) groups is 2. The highest BCUT2D eigenvalue weighted by Gasteiger charge is 2.47. The number of anilines is 1. The van der Waals surface area contributed by atoms with Gasteiger partial charge in [-0.1, -0.05) is 23.8 Å². The number of hydrogen-bond acceptors (Lipinski definition) is 4. The Morgan fingerprint density at radius 1 is 1.21 bits per heavy atom. The fourth-order valence-corrected chi connectivity index (χ4v) is 3.90. The molecule has 3 rings (SSSR count). The molecule has 1 aromatic rings. The minimum absolute atomic E-state index is 0.132. The average molecular weight is 406 g/mol. The van der Waals surface area contributed by atoms with E-state index in [9.17, 15) is 9.59 Å². The summed E-state index contributed by atoms with van der Waals surface area (Å²) in [5.74, 6) is -0.357. The molecular formula is C20H24ClN3O4. The van der Waals surface area contributed by atoms with E-state index in [4.69, 9.17) is 21.4 Å². The maximum absolute atomic E-state index is 12.0. The number of carbonyl (C=O) groups excluding carboxylic acids is 1. The van der Waals surface area contributed by atoms with Gasteiger partial charge in [0.15, 0.2) is 0 Å². The predicted molar refractivity (Wildman–Crippen MR) is 108 cm³/mol. The lowest BCUT2D eigenvalue weighted by Gasteiger charge is -2.23. The van der Waals surface area contributed by atoms with Crippen LogP contribution in [0.25, 0.3) is 0 Å². The number of ether oxygens (including phenoxy) is 1. The van der Waals surface area contributed by atoms with Crippen LogP contribution in [0.3, 0.4) is 0 Å². The zero-order valence-corrected chi connectivity index (χ0v) is 16.1. The second-order valence-electron chi connectivity index (χ2n) is 7.02. The topological polar surface area (TPSA) is 100 Å². The van der Waals surface area contributed by atoms with Gasteiger partial charge in [-0.3, -0.25) is 4.79 Å². The van der Waals surface area contributed by atoms with Crippen molar-refractivity contribution in [2.45, 2.75) is 44.3 Å². The lowest BCUT2D eigenvalue weighted by molar-refractivity contribution is -0.136. The van der Waals surface area contributed by atoms with Crippen LogP contribution >= 0.6 is 11.6 Å². The first-order valence-corrected chi connectivity index (χ1v) is 9.78. The molecule has 1 aromatic carbocycles. The van der Waals surface area contributed by atoms with Gasteiger partial charge in [-0.25, -0.2) is 10.2 Å². The lowest BCUT2D eigenvalue weighted by atomic mass is 9.78. The Morgan fingerprint density at radius 2 is 1.96 bits per heavy atom. The molecule has 7 nitrogen and oxygen atoms in total. The molecule has 4 atom stereocenters. The first-order valence-electron chi connectivity index (χ1n) is 9.41. The Morgan fingerprint density at radius 3 is 2.71 bits per heavy atom. The molecule has 2 aliphatic rings. The van der Waals surface area contributed by atoms with E-state index in [1.807, 2.05) is 12.2 Å². The highest BCUT2D eigenvalue weighted by Crippen LogP contribution is 2.44. The maximum Gasteiger partial charge on any atom is 0.339 e. The number of halogens is 1. The number of rotatable bonds is 8. The van der Waals surface area contributed by atoms with Crippen LogP contribution in [0.4, 0.5) is 10.5 Å². The van der Waals surface area contributed by atoms with E-state index in [0.29, 0.717) is 23.0 Å². The van der Waals surface area contributed by atoms with E-state index in [0.717, 1.165) is 19.3 Å². The zero-order valence-electron chi connectivity index (χ0n) is 15.4.